The number of alkyl halides is 3. The second kappa shape index (κ2) is 6.48. The molecule has 2 aromatic heterocycles. The van der Waals surface area contributed by atoms with E-state index in [0.717, 1.165) is 30.8 Å². The van der Waals surface area contributed by atoms with Crippen LogP contribution in [0.1, 0.15) is 21.7 Å². The number of aromatic nitrogens is 2. The summed E-state index contributed by atoms with van der Waals surface area (Å²) >= 11 is 0. The van der Waals surface area contributed by atoms with Crippen LogP contribution in [0.15, 0.2) is 35.5 Å². The zero-order chi connectivity index (χ0) is 18.8. The molecular weight excluding hydrogens is 361 g/mol. The lowest BCUT2D eigenvalue weighted by Crippen LogP contribution is -2.18. The molecule has 0 saturated carbocycles. The van der Waals surface area contributed by atoms with E-state index in [4.69, 9.17) is 5.26 Å². The first kappa shape index (κ1) is 18.3. The van der Waals surface area contributed by atoms with Crippen LogP contribution in [0.4, 0.5) is 18.9 Å². The highest BCUT2D eigenvalue weighted by molar-refractivity contribution is 7.90. The first-order chi connectivity index (χ1) is 11.5. The van der Waals surface area contributed by atoms with E-state index in [1.54, 1.807) is 6.07 Å². The van der Waals surface area contributed by atoms with Gasteiger partial charge in [-0.3, -0.25) is 9.78 Å². The molecule has 2 aromatic rings. The van der Waals surface area contributed by atoms with Crippen molar-refractivity contribution in [2.75, 3.05) is 11.6 Å². The number of rotatable bonds is 3. The average Bonchev–Trinajstić information content (AvgIpc) is 2.52. The molecule has 2 heterocycles. The molecular formula is C14H9F3N4O3S. The van der Waals surface area contributed by atoms with Crippen molar-refractivity contribution in [3.05, 3.63) is 47.5 Å². The molecule has 0 aliphatic rings. The number of carbonyl (C=O) groups is 1. The summed E-state index contributed by atoms with van der Waals surface area (Å²) in [7, 11) is -3.85. The Kier molecular flexibility index (Phi) is 4.75. The number of pyridine rings is 2. The Morgan fingerprint density at radius 1 is 1.28 bits per heavy atom. The van der Waals surface area contributed by atoms with Crippen LogP contribution in [0.3, 0.4) is 0 Å². The molecule has 0 aliphatic heterocycles. The summed E-state index contributed by atoms with van der Waals surface area (Å²) in [4.78, 5) is 18.6. The Morgan fingerprint density at radius 3 is 2.52 bits per heavy atom. The number of sulfone groups is 1. The van der Waals surface area contributed by atoms with Crippen LogP contribution in [0, 0.1) is 11.3 Å². The molecule has 0 fully saturated rings. The largest absolute Gasteiger partial charge is 0.433 e. The van der Waals surface area contributed by atoms with Crippen molar-refractivity contribution < 1.29 is 26.4 Å². The van der Waals surface area contributed by atoms with Gasteiger partial charge >= 0.3 is 6.18 Å². The van der Waals surface area contributed by atoms with Gasteiger partial charge in [0.15, 0.2) is 9.84 Å². The maximum Gasteiger partial charge on any atom is 0.433 e. The van der Waals surface area contributed by atoms with Gasteiger partial charge in [0.05, 0.1) is 10.5 Å². The zero-order valence-electron chi connectivity index (χ0n) is 12.5. The summed E-state index contributed by atoms with van der Waals surface area (Å²) in [5.74, 6) is -1.00. The lowest BCUT2D eigenvalue weighted by molar-refractivity contribution is -0.141. The van der Waals surface area contributed by atoms with E-state index in [1.165, 1.54) is 0 Å². The number of hydrogen-bond acceptors (Lipinski definition) is 6. The summed E-state index contributed by atoms with van der Waals surface area (Å²) in [5, 5.41) is 11.0. The van der Waals surface area contributed by atoms with Crippen molar-refractivity contribution in [1.29, 1.82) is 5.26 Å². The smallest absolute Gasteiger partial charge is 0.322 e. The lowest BCUT2D eigenvalue weighted by Gasteiger charge is -2.11. The molecule has 0 aromatic carbocycles. The monoisotopic (exact) mass is 370 g/mol. The van der Waals surface area contributed by atoms with Crippen molar-refractivity contribution in [2.45, 2.75) is 11.1 Å². The van der Waals surface area contributed by atoms with Gasteiger partial charge < -0.3 is 5.32 Å². The molecule has 11 heteroatoms. The predicted molar refractivity (Wildman–Crippen MR) is 79.3 cm³/mol. The van der Waals surface area contributed by atoms with Crippen LogP contribution in [-0.2, 0) is 16.0 Å². The Bertz CT molecular complexity index is 982. The number of hydrogen-bond donors (Lipinski definition) is 1. The van der Waals surface area contributed by atoms with Crippen LogP contribution in [-0.4, -0.2) is 30.5 Å². The van der Waals surface area contributed by atoms with E-state index in [-0.39, 0.29) is 11.4 Å². The fraction of sp³-hybridized carbons (Fsp3) is 0.143. The van der Waals surface area contributed by atoms with Crippen molar-refractivity contribution in [3.63, 3.8) is 0 Å². The Morgan fingerprint density at radius 2 is 1.96 bits per heavy atom. The van der Waals surface area contributed by atoms with Crippen molar-refractivity contribution in [1.82, 2.24) is 9.97 Å². The number of nitriles is 1. The van der Waals surface area contributed by atoms with E-state index in [2.05, 4.69) is 15.3 Å². The van der Waals surface area contributed by atoms with Crippen molar-refractivity contribution in [2.24, 2.45) is 0 Å². The van der Waals surface area contributed by atoms with Crippen molar-refractivity contribution >= 4 is 21.4 Å². The third-order valence-electron chi connectivity index (χ3n) is 2.93. The SMILES string of the molecule is CS(=O)(=O)c1cnc(C#N)cc1C(=O)Nc1ccnc(C(F)(F)F)c1. The van der Waals surface area contributed by atoms with Gasteiger partial charge in [0.25, 0.3) is 5.91 Å². The normalized spacial score (nSPS) is 11.6. The van der Waals surface area contributed by atoms with Gasteiger partial charge in [-0.1, -0.05) is 0 Å². The van der Waals surface area contributed by atoms with Gasteiger partial charge in [-0.05, 0) is 18.2 Å². The highest BCUT2D eigenvalue weighted by Crippen LogP contribution is 2.29. The number of halogens is 3. The second-order valence-electron chi connectivity index (χ2n) is 4.83. The molecule has 0 unspecified atom stereocenters. The Hall–Kier alpha value is -3.00. The molecule has 1 amide bonds. The van der Waals surface area contributed by atoms with Gasteiger partial charge in [0.1, 0.15) is 17.5 Å². The maximum atomic E-state index is 12.6. The van der Waals surface area contributed by atoms with E-state index < -0.39 is 38.1 Å². The van der Waals surface area contributed by atoms with Gasteiger partial charge in [-0.25, -0.2) is 13.4 Å². The third-order valence-corrected chi connectivity index (χ3v) is 4.06. The standard InChI is InChI=1S/C14H9F3N4O3S/c1-25(23,24)11-7-20-9(6-18)4-10(11)13(22)21-8-2-3-19-12(5-8)14(15,16)17/h2-5,7H,1H3,(H,19,21,22). The summed E-state index contributed by atoms with van der Waals surface area (Å²) in [6, 6.07) is 4.30. The number of carbonyl (C=O) groups excluding carboxylic acids is 1. The van der Waals surface area contributed by atoms with Crippen LogP contribution in [0.5, 0.6) is 0 Å². The molecule has 0 spiro atoms. The number of amides is 1. The van der Waals surface area contributed by atoms with Gasteiger partial charge in [0, 0.05) is 24.3 Å². The molecule has 0 atom stereocenters. The summed E-state index contributed by atoms with van der Waals surface area (Å²) in [6.45, 7) is 0. The van der Waals surface area contributed by atoms with Gasteiger partial charge in [-0.15, -0.1) is 0 Å². The summed E-state index contributed by atoms with van der Waals surface area (Å²) in [6.07, 6.45) is -2.18. The fourth-order valence-corrected chi connectivity index (χ4v) is 2.63. The number of nitrogens with zero attached hydrogens (tertiary/aromatic N) is 3. The fourth-order valence-electron chi connectivity index (χ4n) is 1.84. The third kappa shape index (κ3) is 4.30. The first-order valence-corrected chi connectivity index (χ1v) is 8.36. The molecule has 130 valence electrons. The van der Waals surface area contributed by atoms with Gasteiger partial charge in [0.2, 0.25) is 0 Å². The zero-order valence-corrected chi connectivity index (χ0v) is 13.3. The van der Waals surface area contributed by atoms with Gasteiger partial charge in [-0.2, -0.15) is 18.4 Å². The Labute approximate surface area is 140 Å². The predicted octanol–water partition coefficient (Wildman–Crippen LogP) is 2.02. The molecule has 0 bridgehead atoms. The van der Waals surface area contributed by atoms with Crippen LogP contribution < -0.4 is 5.32 Å². The molecule has 2 rings (SSSR count). The summed E-state index contributed by atoms with van der Waals surface area (Å²) in [5.41, 5.74) is -2.08. The second-order valence-corrected chi connectivity index (χ2v) is 6.82. The maximum absolute atomic E-state index is 12.6. The molecule has 1 N–H and O–H groups in total. The van der Waals surface area contributed by atoms with E-state index in [0.29, 0.717) is 6.07 Å². The number of anilines is 1. The first-order valence-electron chi connectivity index (χ1n) is 6.47. The number of nitrogens with one attached hydrogen (secondary N) is 1. The van der Waals surface area contributed by atoms with E-state index in [1.807, 2.05) is 0 Å². The topological polar surface area (TPSA) is 113 Å². The van der Waals surface area contributed by atoms with Crippen LogP contribution in [0.25, 0.3) is 0 Å². The molecule has 7 nitrogen and oxygen atoms in total. The molecule has 25 heavy (non-hydrogen) atoms. The molecule has 0 saturated heterocycles. The lowest BCUT2D eigenvalue weighted by atomic mass is 10.2. The van der Waals surface area contributed by atoms with Crippen LogP contribution >= 0.6 is 0 Å². The Balaban J connectivity index is 2.44. The molecule has 0 aliphatic carbocycles. The van der Waals surface area contributed by atoms with E-state index >= 15 is 0 Å². The quantitative estimate of drug-likeness (QED) is 0.884. The molecule has 0 radical (unpaired) electrons. The minimum absolute atomic E-state index is 0.219. The highest BCUT2D eigenvalue weighted by Gasteiger charge is 2.32. The van der Waals surface area contributed by atoms with E-state index in [9.17, 15) is 26.4 Å². The minimum Gasteiger partial charge on any atom is -0.322 e. The minimum atomic E-state index is -4.71. The van der Waals surface area contributed by atoms with Crippen LogP contribution in [0.2, 0.25) is 0 Å². The average molecular weight is 370 g/mol. The van der Waals surface area contributed by atoms with Crippen molar-refractivity contribution in [3.8, 4) is 6.07 Å². The summed E-state index contributed by atoms with van der Waals surface area (Å²) < 4.78 is 61.4. The highest BCUT2D eigenvalue weighted by atomic mass is 32.2.